The van der Waals surface area contributed by atoms with Gasteiger partial charge >= 0.3 is 0 Å². The summed E-state index contributed by atoms with van der Waals surface area (Å²) in [6.45, 7) is 6.91. The van der Waals surface area contributed by atoms with Gasteiger partial charge in [-0.25, -0.2) is 0 Å². The maximum atomic E-state index is 9.66. The van der Waals surface area contributed by atoms with E-state index < -0.39 is 0 Å². The Balaban J connectivity index is 2.25. The lowest BCUT2D eigenvalue weighted by Crippen LogP contribution is -2.17. The lowest BCUT2D eigenvalue weighted by atomic mass is 9.82. The number of aliphatic hydroxyl groups is 1. The summed E-state index contributed by atoms with van der Waals surface area (Å²) in [4.78, 5) is 0. The molecule has 2 unspecified atom stereocenters. The van der Waals surface area contributed by atoms with Crippen LogP contribution in [0.1, 0.15) is 59.3 Å². The molecule has 0 heterocycles. The summed E-state index contributed by atoms with van der Waals surface area (Å²) >= 11 is 0. The smallest absolute Gasteiger partial charge is 0.0568 e. The third-order valence-corrected chi connectivity index (χ3v) is 3.77. The average Bonchev–Trinajstić information content (AvgIpc) is 2.48. The van der Waals surface area contributed by atoms with Gasteiger partial charge < -0.3 is 5.11 Å². The highest BCUT2D eigenvalue weighted by Gasteiger charge is 2.26. The second-order valence-corrected chi connectivity index (χ2v) is 5.31. The summed E-state index contributed by atoms with van der Waals surface area (Å²) in [5, 5.41) is 9.66. The Morgan fingerprint density at radius 1 is 1.31 bits per heavy atom. The van der Waals surface area contributed by atoms with E-state index in [1.165, 1.54) is 32.1 Å². The van der Waals surface area contributed by atoms with Crippen LogP contribution in [-0.2, 0) is 0 Å². The van der Waals surface area contributed by atoms with Crippen molar-refractivity contribution in [3.63, 3.8) is 0 Å². The van der Waals surface area contributed by atoms with E-state index >= 15 is 0 Å². The summed E-state index contributed by atoms with van der Waals surface area (Å²) in [7, 11) is 0. The minimum Gasteiger partial charge on any atom is -0.393 e. The fourth-order valence-electron chi connectivity index (χ4n) is 2.11. The van der Waals surface area contributed by atoms with Crippen molar-refractivity contribution in [3.05, 3.63) is 0 Å². The van der Waals surface area contributed by atoms with Gasteiger partial charge in [0.1, 0.15) is 0 Å². The van der Waals surface area contributed by atoms with Crippen LogP contribution in [0.2, 0.25) is 0 Å². The summed E-state index contributed by atoms with van der Waals surface area (Å²) in [6.07, 6.45) is 7.27. The van der Waals surface area contributed by atoms with E-state index in [0.29, 0.717) is 11.3 Å². The molecule has 78 valence electrons. The van der Waals surface area contributed by atoms with E-state index in [1.54, 1.807) is 0 Å². The Bertz CT molecular complexity index is 151. The van der Waals surface area contributed by atoms with Crippen LogP contribution in [0.5, 0.6) is 0 Å². The van der Waals surface area contributed by atoms with Crippen LogP contribution < -0.4 is 0 Å². The first-order valence-electron chi connectivity index (χ1n) is 5.73. The second kappa shape index (κ2) is 4.45. The molecule has 1 rings (SSSR count). The standard InChI is InChI=1S/C12H24O/c1-4-12(2,3)9-8-10-6-5-7-11(10)13/h10-11,13H,4-9H2,1-3H3. The van der Waals surface area contributed by atoms with Gasteiger partial charge in [-0.1, -0.05) is 33.6 Å². The van der Waals surface area contributed by atoms with Crippen LogP contribution >= 0.6 is 0 Å². The van der Waals surface area contributed by atoms with Gasteiger partial charge in [-0.2, -0.15) is 0 Å². The molecule has 0 aromatic heterocycles. The predicted octanol–water partition coefficient (Wildman–Crippen LogP) is 3.36. The Labute approximate surface area is 82.5 Å². The van der Waals surface area contributed by atoms with Gasteiger partial charge in [0, 0.05) is 0 Å². The van der Waals surface area contributed by atoms with Gasteiger partial charge in [0.25, 0.3) is 0 Å². The van der Waals surface area contributed by atoms with Crippen molar-refractivity contribution in [2.75, 3.05) is 0 Å². The molecular weight excluding hydrogens is 160 g/mol. The summed E-state index contributed by atoms with van der Waals surface area (Å²) in [5.74, 6) is 0.603. The van der Waals surface area contributed by atoms with Crippen molar-refractivity contribution < 1.29 is 5.11 Å². The minimum absolute atomic E-state index is 0.00709. The van der Waals surface area contributed by atoms with E-state index in [4.69, 9.17) is 0 Å². The molecule has 0 amide bonds. The Kier molecular flexibility index (Phi) is 3.78. The van der Waals surface area contributed by atoms with E-state index in [1.807, 2.05) is 0 Å². The summed E-state index contributed by atoms with van der Waals surface area (Å²) in [5.41, 5.74) is 0.475. The molecule has 13 heavy (non-hydrogen) atoms. The zero-order valence-electron chi connectivity index (χ0n) is 9.34. The SMILES string of the molecule is CCC(C)(C)CCC1CCCC1O. The van der Waals surface area contributed by atoms with Crippen molar-refractivity contribution in [1.29, 1.82) is 0 Å². The maximum Gasteiger partial charge on any atom is 0.0568 e. The van der Waals surface area contributed by atoms with E-state index in [2.05, 4.69) is 20.8 Å². The third kappa shape index (κ3) is 3.30. The molecule has 0 aromatic carbocycles. The van der Waals surface area contributed by atoms with Gasteiger partial charge in [-0.05, 0) is 37.0 Å². The second-order valence-electron chi connectivity index (χ2n) is 5.31. The van der Waals surface area contributed by atoms with E-state index in [0.717, 1.165) is 6.42 Å². The van der Waals surface area contributed by atoms with Gasteiger partial charge in [-0.15, -0.1) is 0 Å². The average molecular weight is 184 g/mol. The summed E-state index contributed by atoms with van der Waals surface area (Å²) in [6, 6.07) is 0. The van der Waals surface area contributed by atoms with Crippen molar-refractivity contribution in [2.45, 2.75) is 65.4 Å². The Morgan fingerprint density at radius 3 is 2.46 bits per heavy atom. The lowest BCUT2D eigenvalue weighted by Gasteiger charge is -2.25. The topological polar surface area (TPSA) is 20.2 Å². The summed E-state index contributed by atoms with van der Waals surface area (Å²) < 4.78 is 0. The highest BCUT2D eigenvalue weighted by Crippen LogP contribution is 2.34. The van der Waals surface area contributed by atoms with E-state index in [-0.39, 0.29) is 6.10 Å². The number of hydrogen-bond donors (Lipinski definition) is 1. The molecule has 1 N–H and O–H groups in total. The zero-order valence-corrected chi connectivity index (χ0v) is 9.34. The van der Waals surface area contributed by atoms with Crippen molar-refractivity contribution in [2.24, 2.45) is 11.3 Å². The number of hydrogen-bond acceptors (Lipinski definition) is 1. The highest BCUT2D eigenvalue weighted by molar-refractivity contribution is 4.78. The van der Waals surface area contributed by atoms with Gasteiger partial charge in [0.05, 0.1) is 6.10 Å². The minimum atomic E-state index is 0.00709. The van der Waals surface area contributed by atoms with Crippen molar-refractivity contribution in [3.8, 4) is 0 Å². The van der Waals surface area contributed by atoms with Crippen LogP contribution in [0.25, 0.3) is 0 Å². The Morgan fingerprint density at radius 2 is 2.00 bits per heavy atom. The molecule has 1 aliphatic rings. The molecule has 1 nitrogen and oxygen atoms in total. The number of aliphatic hydroxyl groups excluding tert-OH is 1. The maximum absolute atomic E-state index is 9.66. The molecule has 1 fully saturated rings. The Hall–Kier alpha value is -0.0400. The molecule has 2 atom stereocenters. The third-order valence-electron chi connectivity index (χ3n) is 3.77. The molecule has 1 saturated carbocycles. The fourth-order valence-corrected chi connectivity index (χ4v) is 2.11. The molecule has 0 spiro atoms. The fraction of sp³-hybridized carbons (Fsp3) is 1.00. The largest absolute Gasteiger partial charge is 0.393 e. The molecule has 0 radical (unpaired) electrons. The van der Waals surface area contributed by atoms with Gasteiger partial charge in [0.2, 0.25) is 0 Å². The van der Waals surface area contributed by atoms with Gasteiger partial charge in [-0.3, -0.25) is 0 Å². The monoisotopic (exact) mass is 184 g/mol. The first kappa shape index (κ1) is 11.0. The quantitative estimate of drug-likeness (QED) is 0.710. The van der Waals surface area contributed by atoms with Crippen LogP contribution in [0.3, 0.4) is 0 Å². The van der Waals surface area contributed by atoms with Crippen LogP contribution in [0, 0.1) is 11.3 Å². The lowest BCUT2D eigenvalue weighted by molar-refractivity contribution is 0.118. The highest BCUT2D eigenvalue weighted by atomic mass is 16.3. The van der Waals surface area contributed by atoms with Crippen molar-refractivity contribution in [1.82, 2.24) is 0 Å². The normalized spacial score (nSPS) is 29.5. The predicted molar refractivity (Wildman–Crippen MR) is 56.7 cm³/mol. The van der Waals surface area contributed by atoms with Gasteiger partial charge in [0.15, 0.2) is 0 Å². The number of rotatable bonds is 4. The van der Waals surface area contributed by atoms with Crippen molar-refractivity contribution >= 4 is 0 Å². The molecule has 1 heteroatoms. The molecule has 0 aliphatic heterocycles. The van der Waals surface area contributed by atoms with E-state index in [9.17, 15) is 5.11 Å². The molecule has 0 aromatic rings. The van der Waals surface area contributed by atoms with Crippen LogP contribution in [0.15, 0.2) is 0 Å². The first-order chi connectivity index (χ1) is 6.05. The molecule has 0 bridgehead atoms. The molecule has 0 saturated heterocycles. The first-order valence-corrected chi connectivity index (χ1v) is 5.73. The van der Waals surface area contributed by atoms with Crippen LogP contribution in [0.4, 0.5) is 0 Å². The zero-order chi connectivity index (χ0) is 9.90. The van der Waals surface area contributed by atoms with Crippen LogP contribution in [-0.4, -0.2) is 11.2 Å². The molecular formula is C12H24O. The molecule has 1 aliphatic carbocycles.